The standard InChI is InChI=1S/C50H31N3O/c1-4-15-32(16-5-1)47-51-48(33-17-6-2-7-18-33)53-49(52-47)40-24-14-26-44-46(40)39-28-27-37(31-45(39)54-44)50(36-21-8-3-9-22-36)42-25-13-12-23-38(42)41-29-34-19-10-11-20-35(34)30-43(41)50/h1-31H. The molecule has 0 radical (unpaired) electrons. The van der Waals surface area contributed by atoms with Gasteiger partial charge in [-0.2, -0.15) is 0 Å². The summed E-state index contributed by atoms with van der Waals surface area (Å²) in [7, 11) is 0. The first-order valence-corrected chi connectivity index (χ1v) is 18.3. The number of nitrogens with zero attached hydrogens (tertiary/aromatic N) is 3. The topological polar surface area (TPSA) is 51.8 Å². The lowest BCUT2D eigenvalue weighted by molar-refractivity contribution is 0.665. The molecule has 10 aromatic rings. The third-order valence-corrected chi connectivity index (χ3v) is 11.0. The van der Waals surface area contributed by atoms with Crippen LogP contribution in [-0.4, -0.2) is 15.0 Å². The Morgan fingerprint density at radius 1 is 0.370 bits per heavy atom. The van der Waals surface area contributed by atoms with Crippen molar-refractivity contribution >= 4 is 32.7 Å². The van der Waals surface area contributed by atoms with E-state index in [9.17, 15) is 0 Å². The molecule has 2 aromatic heterocycles. The van der Waals surface area contributed by atoms with E-state index in [2.05, 4.69) is 115 Å². The molecule has 2 heterocycles. The van der Waals surface area contributed by atoms with E-state index < -0.39 is 5.41 Å². The zero-order valence-electron chi connectivity index (χ0n) is 29.1. The van der Waals surface area contributed by atoms with E-state index in [4.69, 9.17) is 19.4 Å². The molecular weight excluding hydrogens is 659 g/mol. The van der Waals surface area contributed by atoms with Crippen molar-refractivity contribution in [3.05, 3.63) is 210 Å². The summed E-state index contributed by atoms with van der Waals surface area (Å²) in [5, 5.41) is 4.45. The van der Waals surface area contributed by atoms with Gasteiger partial charge in [0, 0.05) is 27.5 Å². The van der Waals surface area contributed by atoms with Crippen LogP contribution in [0.2, 0.25) is 0 Å². The largest absolute Gasteiger partial charge is 0.456 e. The number of benzene rings is 8. The monoisotopic (exact) mass is 689 g/mol. The first-order chi connectivity index (χ1) is 26.8. The Balaban J connectivity index is 1.16. The number of furan rings is 1. The van der Waals surface area contributed by atoms with Crippen LogP contribution in [0.5, 0.6) is 0 Å². The molecule has 4 heteroatoms. The smallest absolute Gasteiger partial charge is 0.164 e. The number of rotatable bonds is 5. The summed E-state index contributed by atoms with van der Waals surface area (Å²) in [4.78, 5) is 15.1. The highest BCUT2D eigenvalue weighted by Crippen LogP contribution is 2.57. The molecule has 0 saturated heterocycles. The molecule has 4 nitrogen and oxygen atoms in total. The second-order valence-corrected chi connectivity index (χ2v) is 13.9. The Kier molecular flexibility index (Phi) is 6.73. The van der Waals surface area contributed by atoms with E-state index in [-0.39, 0.29) is 0 Å². The fourth-order valence-corrected chi connectivity index (χ4v) is 8.61. The minimum absolute atomic E-state index is 0.559. The summed E-state index contributed by atoms with van der Waals surface area (Å²) in [5.74, 6) is 1.86. The average molecular weight is 690 g/mol. The Bertz CT molecular complexity index is 2990. The van der Waals surface area contributed by atoms with Crippen LogP contribution in [0.25, 0.3) is 78.0 Å². The molecule has 0 bridgehead atoms. The van der Waals surface area contributed by atoms with Crippen molar-refractivity contribution in [1.82, 2.24) is 15.0 Å². The van der Waals surface area contributed by atoms with E-state index in [1.54, 1.807) is 0 Å². The van der Waals surface area contributed by atoms with Crippen LogP contribution in [0.3, 0.4) is 0 Å². The Morgan fingerprint density at radius 2 is 0.963 bits per heavy atom. The van der Waals surface area contributed by atoms with E-state index in [1.165, 1.54) is 38.6 Å². The van der Waals surface area contributed by atoms with Crippen molar-refractivity contribution in [2.75, 3.05) is 0 Å². The summed E-state index contributed by atoms with van der Waals surface area (Å²) >= 11 is 0. The van der Waals surface area contributed by atoms with Crippen molar-refractivity contribution in [1.29, 1.82) is 0 Å². The first kappa shape index (κ1) is 30.5. The molecule has 1 aliphatic carbocycles. The van der Waals surface area contributed by atoms with Gasteiger partial charge in [-0.1, -0.05) is 164 Å². The molecule has 1 aliphatic rings. The second-order valence-electron chi connectivity index (χ2n) is 13.9. The van der Waals surface area contributed by atoms with Crippen LogP contribution < -0.4 is 0 Å². The van der Waals surface area contributed by atoms with Crippen LogP contribution in [0.1, 0.15) is 22.3 Å². The van der Waals surface area contributed by atoms with Crippen molar-refractivity contribution < 1.29 is 4.42 Å². The SMILES string of the molecule is c1ccc(-c2nc(-c3ccccc3)nc(-c3cccc4oc5cc(C6(c7ccccc7)c7ccccc7-c7cc8ccccc8cc76)ccc5c34)n2)cc1. The number of aromatic nitrogens is 3. The highest BCUT2D eigenvalue weighted by molar-refractivity contribution is 6.12. The lowest BCUT2D eigenvalue weighted by atomic mass is 9.67. The van der Waals surface area contributed by atoms with Crippen LogP contribution in [0.4, 0.5) is 0 Å². The highest BCUT2D eigenvalue weighted by Gasteiger charge is 2.46. The number of hydrogen-bond donors (Lipinski definition) is 0. The van der Waals surface area contributed by atoms with E-state index in [0.717, 1.165) is 44.2 Å². The fourth-order valence-electron chi connectivity index (χ4n) is 8.61. The molecule has 252 valence electrons. The van der Waals surface area contributed by atoms with Gasteiger partial charge < -0.3 is 4.42 Å². The lowest BCUT2D eigenvalue weighted by Crippen LogP contribution is -2.28. The van der Waals surface area contributed by atoms with E-state index in [1.807, 2.05) is 72.8 Å². The second kappa shape index (κ2) is 11.9. The Labute approximate surface area is 312 Å². The normalized spacial score (nSPS) is 14.7. The van der Waals surface area contributed by atoms with Gasteiger partial charge in [0.2, 0.25) is 0 Å². The Morgan fingerprint density at radius 3 is 1.69 bits per heavy atom. The molecule has 11 rings (SSSR count). The highest BCUT2D eigenvalue weighted by atomic mass is 16.3. The van der Waals surface area contributed by atoms with Crippen molar-refractivity contribution in [2.45, 2.75) is 5.41 Å². The molecule has 0 aliphatic heterocycles. The van der Waals surface area contributed by atoms with Crippen LogP contribution in [-0.2, 0) is 5.41 Å². The van der Waals surface area contributed by atoms with Crippen LogP contribution in [0, 0.1) is 0 Å². The van der Waals surface area contributed by atoms with Gasteiger partial charge in [-0.3, -0.25) is 0 Å². The van der Waals surface area contributed by atoms with Crippen molar-refractivity contribution in [3.63, 3.8) is 0 Å². The lowest BCUT2D eigenvalue weighted by Gasteiger charge is -2.34. The predicted molar refractivity (Wildman–Crippen MR) is 218 cm³/mol. The first-order valence-electron chi connectivity index (χ1n) is 18.3. The van der Waals surface area contributed by atoms with Gasteiger partial charge in [-0.25, -0.2) is 15.0 Å². The summed E-state index contributed by atoms with van der Waals surface area (Å²) < 4.78 is 6.80. The van der Waals surface area contributed by atoms with Crippen LogP contribution >= 0.6 is 0 Å². The molecule has 1 atom stereocenters. The van der Waals surface area contributed by atoms with Gasteiger partial charge >= 0.3 is 0 Å². The number of fused-ring (bicyclic) bond motifs is 7. The molecule has 8 aromatic carbocycles. The molecule has 0 N–H and O–H groups in total. The van der Waals surface area contributed by atoms with Gasteiger partial charge in [0.1, 0.15) is 11.2 Å². The summed E-state index contributed by atoms with van der Waals surface area (Å²) in [6, 6.07) is 66.3. The maximum atomic E-state index is 6.80. The van der Waals surface area contributed by atoms with Gasteiger partial charge in [-0.15, -0.1) is 0 Å². The summed E-state index contributed by atoms with van der Waals surface area (Å²) in [5.41, 5.74) is 11.2. The molecule has 0 amide bonds. The maximum Gasteiger partial charge on any atom is 0.164 e. The van der Waals surface area contributed by atoms with Crippen molar-refractivity contribution in [3.8, 4) is 45.3 Å². The van der Waals surface area contributed by atoms with E-state index in [0.29, 0.717) is 17.5 Å². The quantitative estimate of drug-likeness (QED) is 0.180. The van der Waals surface area contributed by atoms with Crippen molar-refractivity contribution in [2.24, 2.45) is 0 Å². The molecule has 1 unspecified atom stereocenters. The molecule has 0 fully saturated rings. The molecule has 0 saturated carbocycles. The zero-order chi connectivity index (χ0) is 35.6. The van der Waals surface area contributed by atoms with Crippen LogP contribution in [0.15, 0.2) is 192 Å². The third kappa shape index (κ3) is 4.53. The number of hydrogen-bond acceptors (Lipinski definition) is 4. The average Bonchev–Trinajstić information content (AvgIpc) is 3.77. The maximum absolute atomic E-state index is 6.80. The minimum atomic E-state index is -0.559. The zero-order valence-corrected chi connectivity index (χ0v) is 29.1. The van der Waals surface area contributed by atoms with E-state index >= 15 is 0 Å². The minimum Gasteiger partial charge on any atom is -0.456 e. The van der Waals surface area contributed by atoms with Gasteiger partial charge in [0.25, 0.3) is 0 Å². The van der Waals surface area contributed by atoms with Gasteiger partial charge in [0.15, 0.2) is 17.5 Å². The van der Waals surface area contributed by atoms with Gasteiger partial charge in [0.05, 0.1) is 5.41 Å². The summed E-state index contributed by atoms with van der Waals surface area (Å²) in [6.07, 6.45) is 0. The molecule has 54 heavy (non-hydrogen) atoms. The predicted octanol–water partition coefficient (Wildman–Crippen LogP) is 12.3. The molecular formula is C50H31N3O. The third-order valence-electron chi connectivity index (χ3n) is 11.0. The van der Waals surface area contributed by atoms with Gasteiger partial charge in [-0.05, 0) is 68.4 Å². The summed E-state index contributed by atoms with van der Waals surface area (Å²) in [6.45, 7) is 0. The Hall–Kier alpha value is -7.17. The fraction of sp³-hybridized carbons (Fsp3) is 0.0200. The molecule has 0 spiro atoms.